The standard InChI is InChI=1S/C25H20FN5OS/c1-15-12-19(16(2)30(15)14-17-6-4-3-5-7-17)13-21-22(27)31-25(28-23(21)32)33-24(29-31)18-8-10-20(26)11-9-18/h3-13,27H,14H2,1-2H3. The van der Waals surface area contributed by atoms with E-state index in [1.54, 1.807) is 18.2 Å². The first kappa shape index (κ1) is 21.1. The molecule has 6 nitrogen and oxygen atoms in total. The van der Waals surface area contributed by atoms with Gasteiger partial charge >= 0.3 is 0 Å². The number of hydrogen-bond acceptors (Lipinski definition) is 4. The SMILES string of the molecule is Cc1cc(C=C2C(=N)N3N=C(c4ccc(F)cc4)SC3=NC2=O)c(C)n1Cc1ccccc1. The van der Waals surface area contributed by atoms with Crippen molar-refractivity contribution < 1.29 is 9.18 Å². The number of aliphatic imine (C=N–C) groups is 1. The summed E-state index contributed by atoms with van der Waals surface area (Å²) in [4.78, 5) is 16.9. The summed E-state index contributed by atoms with van der Waals surface area (Å²) >= 11 is 1.19. The average Bonchev–Trinajstić information content (AvgIpc) is 3.34. The van der Waals surface area contributed by atoms with E-state index >= 15 is 0 Å². The van der Waals surface area contributed by atoms with Crippen molar-refractivity contribution in [2.24, 2.45) is 10.1 Å². The van der Waals surface area contributed by atoms with Crippen molar-refractivity contribution in [1.29, 1.82) is 5.41 Å². The summed E-state index contributed by atoms with van der Waals surface area (Å²) in [5, 5.41) is 15.3. The van der Waals surface area contributed by atoms with E-state index in [4.69, 9.17) is 5.41 Å². The molecule has 0 fully saturated rings. The molecule has 1 N–H and O–H groups in total. The zero-order valence-electron chi connectivity index (χ0n) is 18.0. The third kappa shape index (κ3) is 3.93. The highest BCUT2D eigenvalue weighted by atomic mass is 32.2. The summed E-state index contributed by atoms with van der Waals surface area (Å²) in [6.07, 6.45) is 1.71. The number of aromatic nitrogens is 1. The number of benzene rings is 2. The molecule has 0 atom stereocenters. The summed E-state index contributed by atoms with van der Waals surface area (Å²) in [5.74, 6) is -0.833. The summed E-state index contributed by atoms with van der Waals surface area (Å²) in [6, 6.07) is 18.1. The van der Waals surface area contributed by atoms with Crippen LogP contribution in [-0.2, 0) is 11.3 Å². The fourth-order valence-corrected chi connectivity index (χ4v) is 4.74. The number of rotatable bonds is 4. The largest absolute Gasteiger partial charge is 0.344 e. The zero-order chi connectivity index (χ0) is 23.1. The molecule has 0 bridgehead atoms. The number of carbonyl (C=O) groups excluding carboxylic acids is 1. The van der Waals surface area contributed by atoms with E-state index in [9.17, 15) is 9.18 Å². The summed E-state index contributed by atoms with van der Waals surface area (Å²) in [6.45, 7) is 4.76. The number of fused-ring (bicyclic) bond motifs is 1. The first-order valence-electron chi connectivity index (χ1n) is 10.4. The Morgan fingerprint density at radius 2 is 1.82 bits per heavy atom. The van der Waals surface area contributed by atoms with Gasteiger partial charge in [0.15, 0.2) is 5.84 Å². The minimum atomic E-state index is -0.470. The smallest absolute Gasteiger partial charge is 0.283 e. The Balaban J connectivity index is 1.46. The molecule has 1 aromatic heterocycles. The number of aryl methyl sites for hydroxylation is 1. The van der Waals surface area contributed by atoms with Crippen molar-refractivity contribution in [1.82, 2.24) is 9.58 Å². The van der Waals surface area contributed by atoms with Gasteiger partial charge in [-0.05, 0) is 73.1 Å². The minimum absolute atomic E-state index is 0.0255. The number of hydrazone groups is 1. The Hall–Kier alpha value is -3.78. The van der Waals surface area contributed by atoms with Crippen molar-refractivity contribution in [3.05, 3.63) is 100 Å². The van der Waals surface area contributed by atoms with Crippen LogP contribution < -0.4 is 0 Å². The lowest BCUT2D eigenvalue weighted by Crippen LogP contribution is -2.35. The first-order valence-corrected chi connectivity index (χ1v) is 11.2. The number of amidine groups is 2. The predicted molar refractivity (Wildman–Crippen MR) is 130 cm³/mol. The van der Waals surface area contributed by atoms with E-state index < -0.39 is 5.91 Å². The number of thioether (sulfide) groups is 1. The van der Waals surface area contributed by atoms with Gasteiger partial charge in [-0.3, -0.25) is 10.2 Å². The molecule has 0 spiro atoms. The van der Waals surface area contributed by atoms with E-state index in [-0.39, 0.29) is 17.2 Å². The molecule has 0 radical (unpaired) electrons. The molecule has 0 saturated heterocycles. The van der Waals surface area contributed by atoms with Crippen LogP contribution in [0.15, 0.2) is 76.3 Å². The number of nitrogens with one attached hydrogen (secondary N) is 1. The highest BCUT2D eigenvalue weighted by Crippen LogP contribution is 2.31. The second-order valence-electron chi connectivity index (χ2n) is 7.83. The van der Waals surface area contributed by atoms with Gasteiger partial charge in [0, 0.05) is 23.5 Å². The number of nitrogens with zero attached hydrogens (tertiary/aromatic N) is 4. The maximum absolute atomic E-state index is 13.3. The molecular formula is C25H20FN5OS. The molecule has 3 aromatic rings. The lowest BCUT2D eigenvalue weighted by Gasteiger charge is -2.20. The Labute approximate surface area is 194 Å². The van der Waals surface area contributed by atoms with Crippen LogP contribution in [0.4, 0.5) is 4.39 Å². The molecule has 1 amide bonds. The first-order chi connectivity index (χ1) is 15.9. The van der Waals surface area contributed by atoms with Gasteiger partial charge in [0.25, 0.3) is 5.91 Å². The van der Waals surface area contributed by atoms with Crippen LogP contribution in [0.3, 0.4) is 0 Å². The van der Waals surface area contributed by atoms with Crippen molar-refractivity contribution in [2.75, 3.05) is 0 Å². The van der Waals surface area contributed by atoms with Crippen LogP contribution in [0.1, 0.15) is 28.1 Å². The quantitative estimate of drug-likeness (QED) is 0.563. The molecule has 2 aromatic carbocycles. The molecule has 164 valence electrons. The van der Waals surface area contributed by atoms with Crippen LogP contribution in [0.5, 0.6) is 0 Å². The van der Waals surface area contributed by atoms with E-state index in [0.717, 1.165) is 23.5 Å². The molecule has 2 aliphatic heterocycles. The third-order valence-corrected chi connectivity index (χ3v) is 6.60. The minimum Gasteiger partial charge on any atom is -0.344 e. The average molecular weight is 458 g/mol. The van der Waals surface area contributed by atoms with E-state index in [0.29, 0.717) is 15.8 Å². The fraction of sp³-hybridized carbons (Fsp3) is 0.120. The van der Waals surface area contributed by atoms with Gasteiger partial charge in [-0.15, -0.1) is 0 Å². The van der Waals surface area contributed by atoms with Crippen molar-refractivity contribution in [3.63, 3.8) is 0 Å². The number of hydrogen-bond donors (Lipinski definition) is 1. The van der Waals surface area contributed by atoms with Gasteiger partial charge in [-0.1, -0.05) is 30.3 Å². The Morgan fingerprint density at radius 1 is 1.09 bits per heavy atom. The third-order valence-electron chi connectivity index (χ3n) is 5.64. The van der Waals surface area contributed by atoms with Crippen molar-refractivity contribution in [3.8, 4) is 0 Å². The molecule has 0 aliphatic carbocycles. The van der Waals surface area contributed by atoms with E-state index in [1.165, 1.54) is 34.5 Å². The zero-order valence-corrected chi connectivity index (χ0v) is 18.9. The van der Waals surface area contributed by atoms with Crippen molar-refractivity contribution >= 4 is 39.8 Å². The highest BCUT2D eigenvalue weighted by Gasteiger charge is 2.36. The van der Waals surface area contributed by atoms with Gasteiger partial charge in [0.2, 0.25) is 5.17 Å². The van der Waals surface area contributed by atoms with Gasteiger partial charge < -0.3 is 4.57 Å². The highest BCUT2D eigenvalue weighted by molar-refractivity contribution is 8.27. The van der Waals surface area contributed by atoms with E-state index in [2.05, 4.69) is 26.8 Å². The van der Waals surface area contributed by atoms with Crippen LogP contribution >= 0.6 is 11.8 Å². The number of halogens is 1. The molecular weight excluding hydrogens is 437 g/mol. The van der Waals surface area contributed by atoms with E-state index in [1.807, 2.05) is 38.1 Å². The summed E-state index contributed by atoms with van der Waals surface area (Å²) in [7, 11) is 0. The molecule has 2 aliphatic rings. The van der Waals surface area contributed by atoms with Crippen LogP contribution in [0.25, 0.3) is 6.08 Å². The molecule has 3 heterocycles. The van der Waals surface area contributed by atoms with Crippen LogP contribution in [0, 0.1) is 25.1 Å². The number of carbonyl (C=O) groups is 1. The molecule has 5 rings (SSSR count). The lowest BCUT2D eigenvalue weighted by atomic mass is 10.1. The normalized spacial score (nSPS) is 16.8. The molecule has 0 saturated carbocycles. The molecule has 0 unspecified atom stereocenters. The van der Waals surface area contributed by atoms with Crippen LogP contribution in [0.2, 0.25) is 0 Å². The topological polar surface area (TPSA) is 73.8 Å². The monoisotopic (exact) mass is 457 g/mol. The van der Waals surface area contributed by atoms with Gasteiger partial charge in [0.05, 0.1) is 5.57 Å². The second-order valence-corrected chi connectivity index (χ2v) is 8.79. The second kappa shape index (κ2) is 8.29. The lowest BCUT2D eigenvalue weighted by molar-refractivity contribution is -0.114. The van der Waals surface area contributed by atoms with Gasteiger partial charge in [-0.2, -0.15) is 15.1 Å². The fourth-order valence-electron chi connectivity index (χ4n) is 3.84. The Morgan fingerprint density at radius 3 is 2.55 bits per heavy atom. The Bertz CT molecular complexity index is 1370. The predicted octanol–water partition coefficient (Wildman–Crippen LogP) is 4.96. The maximum atomic E-state index is 13.3. The summed E-state index contributed by atoms with van der Waals surface area (Å²) < 4.78 is 15.4. The van der Waals surface area contributed by atoms with Gasteiger partial charge in [-0.25, -0.2) is 4.39 Å². The number of amides is 1. The van der Waals surface area contributed by atoms with Crippen molar-refractivity contribution in [2.45, 2.75) is 20.4 Å². The summed E-state index contributed by atoms with van der Waals surface area (Å²) in [5.41, 5.74) is 5.01. The molecule has 33 heavy (non-hydrogen) atoms. The Kier molecular flexibility index (Phi) is 5.30. The van der Waals surface area contributed by atoms with Crippen LogP contribution in [-0.4, -0.2) is 31.5 Å². The maximum Gasteiger partial charge on any atom is 0.283 e. The van der Waals surface area contributed by atoms with Gasteiger partial charge in [0.1, 0.15) is 10.9 Å². The molecule has 8 heteroatoms.